The fourth-order valence-corrected chi connectivity index (χ4v) is 6.66. The Morgan fingerprint density at radius 1 is 1.00 bits per heavy atom. The zero-order valence-corrected chi connectivity index (χ0v) is 20.0. The Balaban J connectivity index is 1.50. The zero-order chi connectivity index (χ0) is 21.9. The van der Waals surface area contributed by atoms with Crippen molar-refractivity contribution in [1.82, 2.24) is 4.90 Å². The van der Waals surface area contributed by atoms with Crippen LogP contribution in [0.2, 0.25) is 0 Å². The largest absolute Gasteiger partial charge is 0.342 e. The van der Waals surface area contributed by atoms with E-state index in [2.05, 4.69) is 38.1 Å². The van der Waals surface area contributed by atoms with E-state index in [0.29, 0.717) is 25.4 Å². The molecule has 0 radical (unpaired) electrons. The molecule has 0 N–H and O–H groups in total. The standard InChI is InChI=1S/C25H39NO3S/c1-18(2)30(28,29)17-22-9-11-26(12-10-22)25(27)16-21-5-7-23(8-6-21)24-14-19(3)13-20(4)15-24/h5-8,18-20,22,24H,9-17H2,1-4H3. The minimum absolute atomic E-state index is 0.160. The van der Waals surface area contributed by atoms with Crippen LogP contribution >= 0.6 is 0 Å². The van der Waals surface area contributed by atoms with Gasteiger partial charge in [-0.1, -0.05) is 38.1 Å². The first-order valence-electron chi connectivity index (χ1n) is 11.7. The van der Waals surface area contributed by atoms with E-state index in [9.17, 15) is 13.2 Å². The van der Waals surface area contributed by atoms with Gasteiger partial charge in [0.15, 0.2) is 9.84 Å². The number of piperidine rings is 1. The predicted octanol–water partition coefficient (Wildman–Crippen LogP) is 4.83. The van der Waals surface area contributed by atoms with Crippen molar-refractivity contribution in [2.24, 2.45) is 17.8 Å². The quantitative estimate of drug-likeness (QED) is 0.646. The molecule has 0 spiro atoms. The van der Waals surface area contributed by atoms with E-state index in [0.717, 1.165) is 30.2 Å². The molecule has 1 heterocycles. The average Bonchev–Trinajstić information content (AvgIpc) is 2.68. The van der Waals surface area contributed by atoms with Gasteiger partial charge in [0.1, 0.15) is 0 Å². The van der Waals surface area contributed by atoms with Crippen LogP contribution in [0.4, 0.5) is 0 Å². The maximum Gasteiger partial charge on any atom is 0.226 e. The highest BCUT2D eigenvalue weighted by Gasteiger charge is 2.28. The van der Waals surface area contributed by atoms with Gasteiger partial charge >= 0.3 is 0 Å². The molecule has 2 atom stereocenters. The van der Waals surface area contributed by atoms with Crippen LogP contribution in [0.1, 0.15) is 76.8 Å². The van der Waals surface area contributed by atoms with Gasteiger partial charge in [0, 0.05) is 13.1 Å². The Hall–Kier alpha value is -1.36. The van der Waals surface area contributed by atoms with Crippen molar-refractivity contribution in [2.75, 3.05) is 18.8 Å². The number of benzene rings is 1. The molecule has 1 aromatic carbocycles. The number of likely N-dealkylation sites (tertiary alicyclic amines) is 1. The Bertz CT molecular complexity index is 797. The van der Waals surface area contributed by atoms with Crippen LogP contribution in [-0.2, 0) is 21.1 Å². The first-order valence-corrected chi connectivity index (χ1v) is 13.4. The maximum atomic E-state index is 12.7. The second-order valence-corrected chi connectivity index (χ2v) is 12.8. The number of carbonyl (C=O) groups excluding carboxylic acids is 1. The Labute approximate surface area is 183 Å². The SMILES string of the molecule is CC1CC(C)CC(c2ccc(CC(=O)N3CCC(CS(=O)(=O)C(C)C)CC3)cc2)C1. The molecule has 2 aliphatic rings. The minimum atomic E-state index is -3.01. The van der Waals surface area contributed by atoms with Crippen LogP contribution in [0.5, 0.6) is 0 Å². The van der Waals surface area contributed by atoms with E-state index in [1.54, 1.807) is 13.8 Å². The van der Waals surface area contributed by atoms with Crippen molar-refractivity contribution < 1.29 is 13.2 Å². The number of hydrogen-bond donors (Lipinski definition) is 0. The molecule has 30 heavy (non-hydrogen) atoms. The molecule has 0 bridgehead atoms. The van der Waals surface area contributed by atoms with Crippen LogP contribution in [0, 0.1) is 17.8 Å². The molecule has 1 aliphatic carbocycles. The zero-order valence-electron chi connectivity index (χ0n) is 19.1. The molecule has 1 aliphatic heterocycles. The number of rotatable bonds is 6. The fourth-order valence-electron chi connectivity index (χ4n) is 5.28. The molecule has 1 saturated heterocycles. The van der Waals surface area contributed by atoms with Gasteiger partial charge in [0.05, 0.1) is 17.4 Å². The van der Waals surface area contributed by atoms with Crippen LogP contribution in [-0.4, -0.2) is 43.3 Å². The third kappa shape index (κ3) is 6.09. The molecular formula is C25H39NO3S. The topological polar surface area (TPSA) is 54.5 Å². The van der Waals surface area contributed by atoms with E-state index in [1.165, 1.54) is 24.8 Å². The number of carbonyl (C=O) groups is 1. The van der Waals surface area contributed by atoms with E-state index in [1.807, 2.05) is 4.90 Å². The summed E-state index contributed by atoms with van der Waals surface area (Å²) in [6.07, 6.45) is 5.88. The summed E-state index contributed by atoms with van der Waals surface area (Å²) in [7, 11) is -3.01. The summed E-state index contributed by atoms with van der Waals surface area (Å²) in [5.74, 6) is 2.83. The Morgan fingerprint density at radius 2 is 1.57 bits per heavy atom. The minimum Gasteiger partial charge on any atom is -0.342 e. The van der Waals surface area contributed by atoms with Crippen LogP contribution in [0.25, 0.3) is 0 Å². The van der Waals surface area contributed by atoms with Crippen molar-refractivity contribution in [3.8, 4) is 0 Å². The van der Waals surface area contributed by atoms with Crippen molar-refractivity contribution >= 4 is 15.7 Å². The van der Waals surface area contributed by atoms with Gasteiger partial charge in [-0.2, -0.15) is 0 Å². The third-order valence-electron chi connectivity index (χ3n) is 7.14. The van der Waals surface area contributed by atoms with Crippen LogP contribution in [0.3, 0.4) is 0 Å². The van der Waals surface area contributed by atoms with Gasteiger partial charge in [-0.05, 0) is 80.8 Å². The van der Waals surface area contributed by atoms with Gasteiger partial charge in [-0.3, -0.25) is 4.79 Å². The van der Waals surface area contributed by atoms with Gasteiger partial charge < -0.3 is 4.90 Å². The lowest BCUT2D eigenvalue weighted by molar-refractivity contribution is -0.131. The molecule has 3 rings (SSSR count). The summed E-state index contributed by atoms with van der Waals surface area (Å²) in [4.78, 5) is 14.7. The van der Waals surface area contributed by atoms with Crippen LogP contribution < -0.4 is 0 Å². The van der Waals surface area contributed by atoms with Crippen molar-refractivity contribution in [1.29, 1.82) is 0 Å². The van der Waals surface area contributed by atoms with E-state index < -0.39 is 9.84 Å². The molecule has 1 aromatic rings. The van der Waals surface area contributed by atoms with E-state index in [-0.39, 0.29) is 22.8 Å². The second kappa shape index (κ2) is 9.84. The third-order valence-corrected chi connectivity index (χ3v) is 9.51. The number of amides is 1. The van der Waals surface area contributed by atoms with Gasteiger partial charge in [0.2, 0.25) is 5.91 Å². The summed E-state index contributed by atoms with van der Waals surface area (Å²) < 4.78 is 24.3. The Kier molecular flexibility index (Phi) is 7.65. The molecule has 0 aromatic heterocycles. The first kappa shape index (κ1) is 23.3. The van der Waals surface area contributed by atoms with Gasteiger partial charge in [-0.25, -0.2) is 8.42 Å². The molecule has 5 heteroatoms. The molecular weight excluding hydrogens is 394 g/mol. The monoisotopic (exact) mass is 433 g/mol. The lowest BCUT2D eigenvalue weighted by atomic mass is 9.74. The fraction of sp³-hybridized carbons (Fsp3) is 0.720. The van der Waals surface area contributed by atoms with Crippen molar-refractivity contribution in [2.45, 2.75) is 77.4 Å². The van der Waals surface area contributed by atoms with Gasteiger partial charge in [0.25, 0.3) is 0 Å². The normalized spacial score (nSPS) is 26.2. The number of hydrogen-bond acceptors (Lipinski definition) is 3. The van der Waals surface area contributed by atoms with Crippen molar-refractivity contribution in [3.63, 3.8) is 0 Å². The van der Waals surface area contributed by atoms with Crippen LogP contribution in [0.15, 0.2) is 24.3 Å². The first-order chi connectivity index (χ1) is 14.1. The Morgan fingerprint density at radius 3 is 2.10 bits per heavy atom. The van der Waals surface area contributed by atoms with Gasteiger partial charge in [-0.15, -0.1) is 0 Å². The maximum absolute atomic E-state index is 12.7. The lowest BCUT2D eigenvalue weighted by Gasteiger charge is -2.32. The highest BCUT2D eigenvalue weighted by atomic mass is 32.2. The molecule has 2 unspecified atom stereocenters. The summed E-state index contributed by atoms with van der Waals surface area (Å²) in [5, 5.41) is -0.319. The molecule has 1 amide bonds. The summed E-state index contributed by atoms with van der Waals surface area (Å²) in [6, 6.07) is 8.69. The second-order valence-electron chi connectivity index (χ2n) is 10.2. The molecule has 1 saturated carbocycles. The predicted molar refractivity (Wildman–Crippen MR) is 123 cm³/mol. The highest BCUT2D eigenvalue weighted by Crippen LogP contribution is 2.39. The molecule has 168 valence electrons. The molecule has 4 nitrogen and oxygen atoms in total. The number of sulfone groups is 1. The van der Waals surface area contributed by atoms with E-state index >= 15 is 0 Å². The molecule has 2 fully saturated rings. The van der Waals surface area contributed by atoms with Crippen molar-refractivity contribution in [3.05, 3.63) is 35.4 Å². The summed E-state index contributed by atoms with van der Waals surface area (Å²) in [5.41, 5.74) is 2.49. The number of nitrogens with zero attached hydrogens (tertiary/aromatic N) is 1. The average molecular weight is 434 g/mol. The van der Waals surface area contributed by atoms with E-state index in [4.69, 9.17) is 0 Å². The summed E-state index contributed by atoms with van der Waals surface area (Å²) >= 11 is 0. The highest BCUT2D eigenvalue weighted by molar-refractivity contribution is 7.91. The smallest absolute Gasteiger partial charge is 0.226 e. The summed E-state index contributed by atoms with van der Waals surface area (Å²) in [6.45, 7) is 9.55. The lowest BCUT2D eigenvalue weighted by Crippen LogP contribution is -2.41.